The second-order valence-corrected chi connectivity index (χ2v) is 6.05. The topological polar surface area (TPSA) is 52.6 Å². The standard InChI is InChI=1S/C14H22N2O2/c17-10-14-8-15-6-12(14)7-16(9-14)13(18)5-11-3-1-2-4-11/h3,12,15,17H,1-2,4-10H2. The van der Waals surface area contributed by atoms with E-state index in [-0.39, 0.29) is 17.9 Å². The van der Waals surface area contributed by atoms with Gasteiger partial charge in [0.1, 0.15) is 0 Å². The summed E-state index contributed by atoms with van der Waals surface area (Å²) in [5.41, 5.74) is 1.24. The molecule has 0 radical (unpaired) electrons. The molecule has 2 aliphatic heterocycles. The highest BCUT2D eigenvalue weighted by atomic mass is 16.3. The van der Waals surface area contributed by atoms with Gasteiger partial charge in [0.15, 0.2) is 0 Å². The van der Waals surface area contributed by atoms with Crippen molar-refractivity contribution in [3.8, 4) is 0 Å². The molecule has 3 aliphatic rings. The number of carbonyl (C=O) groups is 1. The number of rotatable bonds is 3. The highest BCUT2D eigenvalue weighted by Crippen LogP contribution is 2.39. The Morgan fingerprint density at radius 3 is 3.17 bits per heavy atom. The van der Waals surface area contributed by atoms with E-state index in [1.807, 2.05) is 4.90 Å². The Labute approximate surface area is 108 Å². The van der Waals surface area contributed by atoms with Crippen LogP contribution in [0.15, 0.2) is 11.6 Å². The van der Waals surface area contributed by atoms with E-state index >= 15 is 0 Å². The summed E-state index contributed by atoms with van der Waals surface area (Å²) in [6.45, 7) is 3.53. The molecule has 0 saturated carbocycles. The lowest BCUT2D eigenvalue weighted by molar-refractivity contribution is -0.130. The number of hydrogen-bond donors (Lipinski definition) is 2. The van der Waals surface area contributed by atoms with E-state index in [9.17, 15) is 9.90 Å². The second kappa shape index (κ2) is 4.67. The van der Waals surface area contributed by atoms with Crippen LogP contribution in [0.2, 0.25) is 0 Å². The van der Waals surface area contributed by atoms with Crippen molar-refractivity contribution in [3.63, 3.8) is 0 Å². The van der Waals surface area contributed by atoms with E-state index in [0.717, 1.165) is 39.0 Å². The molecule has 2 heterocycles. The lowest BCUT2D eigenvalue weighted by Gasteiger charge is -2.25. The number of allylic oxidation sites excluding steroid dienone is 1. The van der Waals surface area contributed by atoms with Crippen molar-refractivity contribution in [3.05, 3.63) is 11.6 Å². The number of aliphatic hydroxyl groups is 1. The minimum atomic E-state index is -0.0697. The normalized spacial score (nSPS) is 34.8. The van der Waals surface area contributed by atoms with Crippen LogP contribution in [0.1, 0.15) is 25.7 Å². The number of carbonyl (C=O) groups excluding carboxylic acids is 1. The van der Waals surface area contributed by atoms with E-state index in [1.54, 1.807) is 0 Å². The monoisotopic (exact) mass is 250 g/mol. The van der Waals surface area contributed by atoms with Gasteiger partial charge < -0.3 is 15.3 Å². The summed E-state index contributed by atoms with van der Waals surface area (Å²) < 4.78 is 0. The minimum absolute atomic E-state index is 0.0697. The average molecular weight is 250 g/mol. The fraction of sp³-hybridized carbons (Fsp3) is 0.786. The number of likely N-dealkylation sites (tertiary alicyclic amines) is 1. The molecule has 2 atom stereocenters. The highest BCUT2D eigenvalue weighted by molar-refractivity contribution is 5.79. The largest absolute Gasteiger partial charge is 0.396 e. The third kappa shape index (κ3) is 1.97. The van der Waals surface area contributed by atoms with Crippen molar-refractivity contribution in [2.75, 3.05) is 32.8 Å². The minimum Gasteiger partial charge on any atom is -0.396 e. The van der Waals surface area contributed by atoms with Gasteiger partial charge in [-0.2, -0.15) is 0 Å². The summed E-state index contributed by atoms with van der Waals surface area (Å²) >= 11 is 0. The summed E-state index contributed by atoms with van der Waals surface area (Å²) in [5, 5.41) is 13.0. The Morgan fingerprint density at radius 1 is 1.61 bits per heavy atom. The number of amides is 1. The molecule has 100 valence electrons. The van der Waals surface area contributed by atoms with Crippen LogP contribution in [0.25, 0.3) is 0 Å². The number of hydrogen-bond acceptors (Lipinski definition) is 3. The lowest BCUT2D eigenvalue weighted by atomic mass is 9.82. The van der Waals surface area contributed by atoms with Crippen molar-refractivity contribution in [2.45, 2.75) is 25.7 Å². The zero-order valence-corrected chi connectivity index (χ0v) is 10.8. The molecule has 2 saturated heterocycles. The summed E-state index contributed by atoms with van der Waals surface area (Å²) in [4.78, 5) is 14.2. The maximum absolute atomic E-state index is 12.3. The van der Waals surface area contributed by atoms with Crippen molar-refractivity contribution >= 4 is 5.91 Å². The fourth-order valence-corrected chi connectivity index (χ4v) is 3.64. The number of nitrogens with one attached hydrogen (secondary N) is 1. The van der Waals surface area contributed by atoms with Gasteiger partial charge >= 0.3 is 0 Å². The molecule has 0 aromatic carbocycles. The van der Waals surface area contributed by atoms with Crippen molar-refractivity contribution in [1.29, 1.82) is 0 Å². The van der Waals surface area contributed by atoms with Gasteiger partial charge in [-0.3, -0.25) is 4.79 Å². The molecule has 18 heavy (non-hydrogen) atoms. The van der Waals surface area contributed by atoms with E-state index in [1.165, 1.54) is 12.0 Å². The summed E-state index contributed by atoms with van der Waals surface area (Å²) in [6.07, 6.45) is 6.25. The molecular formula is C14H22N2O2. The van der Waals surface area contributed by atoms with Crippen LogP contribution in [0.4, 0.5) is 0 Å². The van der Waals surface area contributed by atoms with Crippen molar-refractivity contribution in [2.24, 2.45) is 11.3 Å². The average Bonchev–Trinajstić information content (AvgIpc) is 3.02. The Bertz CT molecular complexity index is 380. The highest BCUT2D eigenvalue weighted by Gasteiger charge is 2.50. The van der Waals surface area contributed by atoms with Gasteiger partial charge in [-0.1, -0.05) is 11.6 Å². The molecule has 1 aliphatic carbocycles. The first kappa shape index (κ1) is 12.2. The van der Waals surface area contributed by atoms with Crippen LogP contribution in [0.5, 0.6) is 0 Å². The Hall–Kier alpha value is -0.870. The third-order valence-electron chi connectivity index (χ3n) is 4.86. The van der Waals surface area contributed by atoms with Gasteiger partial charge in [-0.15, -0.1) is 0 Å². The van der Waals surface area contributed by atoms with Crippen LogP contribution in [0.3, 0.4) is 0 Å². The van der Waals surface area contributed by atoms with E-state index in [2.05, 4.69) is 11.4 Å². The van der Waals surface area contributed by atoms with Gasteiger partial charge in [0.05, 0.1) is 6.61 Å². The second-order valence-electron chi connectivity index (χ2n) is 6.05. The molecule has 2 N–H and O–H groups in total. The molecule has 0 aromatic heterocycles. The van der Waals surface area contributed by atoms with Gasteiger partial charge in [0.25, 0.3) is 0 Å². The summed E-state index contributed by atoms with van der Waals surface area (Å²) in [5.74, 6) is 0.689. The molecule has 2 unspecified atom stereocenters. The van der Waals surface area contributed by atoms with E-state index in [4.69, 9.17) is 0 Å². The maximum atomic E-state index is 12.3. The van der Waals surface area contributed by atoms with Crippen LogP contribution in [0, 0.1) is 11.3 Å². The summed E-state index contributed by atoms with van der Waals surface area (Å²) in [7, 11) is 0. The molecular weight excluding hydrogens is 228 g/mol. The maximum Gasteiger partial charge on any atom is 0.226 e. The lowest BCUT2D eigenvalue weighted by Crippen LogP contribution is -2.37. The molecule has 1 amide bonds. The van der Waals surface area contributed by atoms with Crippen LogP contribution in [-0.4, -0.2) is 48.7 Å². The first-order valence-electron chi connectivity index (χ1n) is 7.01. The zero-order chi connectivity index (χ0) is 12.6. The summed E-state index contributed by atoms with van der Waals surface area (Å²) in [6, 6.07) is 0. The van der Waals surface area contributed by atoms with Crippen molar-refractivity contribution in [1.82, 2.24) is 10.2 Å². The fourth-order valence-electron chi connectivity index (χ4n) is 3.64. The zero-order valence-electron chi connectivity index (χ0n) is 10.8. The van der Waals surface area contributed by atoms with Gasteiger partial charge in [0.2, 0.25) is 5.91 Å². The SMILES string of the molecule is O=C(CC1=CCCC1)N1CC2CNCC2(CO)C1. The molecule has 2 fully saturated rings. The molecule has 0 spiro atoms. The van der Waals surface area contributed by atoms with Crippen LogP contribution >= 0.6 is 0 Å². The molecule has 3 rings (SSSR count). The molecule has 0 bridgehead atoms. The third-order valence-corrected chi connectivity index (χ3v) is 4.86. The number of fused-ring (bicyclic) bond motifs is 1. The quantitative estimate of drug-likeness (QED) is 0.718. The smallest absolute Gasteiger partial charge is 0.226 e. The predicted molar refractivity (Wildman–Crippen MR) is 69.0 cm³/mol. The number of aliphatic hydroxyl groups excluding tert-OH is 1. The Balaban J connectivity index is 1.63. The Morgan fingerprint density at radius 2 is 2.50 bits per heavy atom. The van der Waals surface area contributed by atoms with Crippen LogP contribution in [-0.2, 0) is 4.79 Å². The molecule has 4 nitrogen and oxygen atoms in total. The Kier molecular flexibility index (Phi) is 3.16. The van der Waals surface area contributed by atoms with Crippen molar-refractivity contribution < 1.29 is 9.90 Å². The van der Waals surface area contributed by atoms with Crippen LogP contribution < -0.4 is 5.32 Å². The van der Waals surface area contributed by atoms with Gasteiger partial charge in [0, 0.05) is 38.0 Å². The van der Waals surface area contributed by atoms with Gasteiger partial charge in [-0.05, 0) is 25.2 Å². The first-order valence-corrected chi connectivity index (χ1v) is 7.01. The van der Waals surface area contributed by atoms with E-state index < -0.39 is 0 Å². The predicted octanol–water partition coefficient (Wildman–Crippen LogP) is 0.527. The van der Waals surface area contributed by atoms with Gasteiger partial charge in [-0.25, -0.2) is 0 Å². The first-order chi connectivity index (χ1) is 8.73. The number of nitrogens with zero attached hydrogens (tertiary/aromatic N) is 1. The van der Waals surface area contributed by atoms with E-state index in [0.29, 0.717) is 12.3 Å². The molecule has 4 heteroatoms. The molecule has 0 aromatic rings.